The first kappa shape index (κ1) is 14.3. The Balaban J connectivity index is 2.84. The Hall–Kier alpha value is -0.760. The van der Waals surface area contributed by atoms with E-state index in [4.69, 9.17) is 16.3 Å². The van der Waals surface area contributed by atoms with Crippen molar-refractivity contribution in [1.29, 1.82) is 0 Å². The molecule has 1 aromatic rings. The zero-order valence-electron chi connectivity index (χ0n) is 9.55. The largest absolute Gasteiger partial charge is 0.383 e. The highest BCUT2D eigenvalue weighted by atomic mass is 35.5. The van der Waals surface area contributed by atoms with Crippen molar-refractivity contribution in [2.75, 3.05) is 13.7 Å². The molecule has 8 heteroatoms. The van der Waals surface area contributed by atoms with Crippen LogP contribution in [-0.2, 0) is 14.8 Å². The molecular formula is C9H14ClN3O3S. The van der Waals surface area contributed by atoms with Gasteiger partial charge in [-0.1, -0.05) is 6.92 Å². The molecule has 0 bridgehead atoms. The van der Waals surface area contributed by atoms with Crippen molar-refractivity contribution in [3.63, 3.8) is 0 Å². The predicted molar refractivity (Wildman–Crippen MR) is 63.3 cm³/mol. The van der Waals surface area contributed by atoms with Gasteiger partial charge in [-0.15, -0.1) is 0 Å². The normalized spacial score (nSPS) is 13.6. The molecule has 0 fully saturated rings. The third kappa shape index (κ3) is 4.19. The number of hydrogen-bond donors (Lipinski definition) is 1. The maximum Gasteiger partial charge on any atom is 0.243 e. The van der Waals surface area contributed by atoms with E-state index in [2.05, 4.69) is 14.7 Å². The lowest BCUT2D eigenvalue weighted by molar-refractivity contribution is 0.173. The van der Waals surface area contributed by atoms with Gasteiger partial charge in [-0.05, 0) is 18.0 Å². The second kappa shape index (κ2) is 6.25. The average molecular weight is 280 g/mol. The van der Waals surface area contributed by atoms with E-state index in [9.17, 15) is 8.42 Å². The lowest BCUT2D eigenvalue weighted by Gasteiger charge is -2.15. The molecule has 0 aromatic carbocycles. The van der Waals surface area contributed by atoms with E-state index in [1.807, 2.05) is 6.92 Å². The summed E-state index contributed by atoms with van der Waals surface area (Å²) in [5.41, 5.74) is 0. The first-order valence-electron chi connectivity index (χ1n) is 4.98. The summed E-state index contributed by atoms with van der Waals surface area (Å²) < 4.78 is 31.2. The molecule has 1 N–H and O–H groups in total. The van der Waals surface area contributed by atoms with E-state index < -0.39 is 10.0 Å². The van der Waals surface area contributed by atoms with Crippen molar-refractivity contribution in [3.8, 4) is 0 Å². The number of sulfonamides is 1. The third-order valence-corrected chi connectivity index (χ3v) is 3.76. The molecule has 0 aliphatic heterocycles. The van der Waals surface area contributed by atoms with Gasteiger partial charge in [0.1, 0.15) is 4.90 Å². The van der Waals surface area contributed by atoms with Crippen molar-refractivity contribution >= 4 is 21.6 Å². The van der Waals surface area contributed by atoms with Gasteiger partial charge in [-0.2, -0.15) is 0 Å². The first-order chi connectivity index (χ1) is 7.99. The van der Waals surface area contributed by atoms with Crippen LogP contribution >= 0.6 is 11.6 Å². The topological polar surface area (TPSA) is 81.2 Å². The minimum absolute atomic E-state index is 0.00730. The van der Waals surface area contributed by atoms with Gasteiger partial charge >= 0.3 is 0 Å². The molecular weight excluding hydrogens is 266 g/mol. The highest BCUT2D eigenvalue weighted by molar-refractivity contribution is 7.89. The molecule has 96 valence electrons. The smallest absolute Gasteiger partial charge is 0.243 e. The summed E-state index contributed by atoms with van der Waals surface area (Å²) in [6.07, 6.45) is 2.95. The molecule has 0 saturated heterocycles. The van der Waals surface area contributed by atoms with Gasteiger partial charge in [0.25, 0.3) is 0 Å². The Morgan fingerprint density at radius 2 is 2.06 bits per heavy atom. The Labute approximate surface area is 105 Å². The zero-order chi connectivity index (χ0) is 12.9. The van der Waals surface area contributed by atoms with Crippen LogP contribution in [0.1, 0.15) is 13.3 Å². The van der Waals surface area contributed by atoms with Gasteiger partial charge in [-0.25, -0.2) is 23.1 Å². The van der Waals surface area contributed by atoms with Crippen molar-refractivity contribution in [2.24, 2.45) is 0 Å². The van der Waals surface area contributed by atoms with E-state index >= 15 is 0 Å². The molecule has 1 heterocycles. The second-order valence-electron chi connectivity index (χ2n) is 3.37. The minimum Gasteiger partial charge on any atom is -0.383 e. The van der Waals surface area contributed by atoms with E-state index in [0.29, 0.717) is 13.0 Å². The summed E-state index contributed by atoms with van der Waals surface area (Å²) in [6, 6.07) is -0.277. The fourth-order valence-electron chi connectivity index (χ4n) is 1.16. The molecule has 6 nitrogen and oxygen atoms in total. The fraction of sp³-hybridized carbons (Fsp3) is 0.556. The number of nitrogens with one attached hydrogen (secondary N) is 1. The summed E-state index contributed by atoms with van der Waals surface area (Å²) in [7, 11) is -2.11. The summed E-state index contributed by atoms with van der Waals surface area (Å²) in [5, 5.41) is 0.00730. The number of rotatable bonds is 6. The second-order valence-corrected chi connectivity index (χ2v) is 5.42. The van der Waals surface area contributed by atoms with Crippen molar-refractivity contribution in [1.82, 2.24) is 14.7 Å². The number of aromatic nitrogens is 2. The quantitative estimate of drug-likeness (QED) is 0.780. The SMILES string of the molecule is CCC(COC)NS(=O)(=O)c1cnc(Cl)nc1. The number of halogens is 1. The van der Waals surface area contributed by atoms with Crippen LogP contribution in [0, 0.1) is 0 Å². The van der Waals surface area contributed by atoms with Crippen molar-refractivity contribution in [3.05, 3.63) is 17.7 Å². The first-order valence-corrected chi connectivity index (χ1v) is 6.84. The standard InChI is InChI=1S/C9H14ClN3O3S/c1-3-7(6-16-2)13-17(14,15)8-4-11-9(10)12-5-8/h4-5,7,13H,3,6H2,1-2H3. The molecule has 0 aliphatic carbocycles. The lowest BCUT2D eigenvalue weighted by Crippen LogP contribution is -2.37. The fourth-order valence-corrected chi connectivity index (χ4v) is 2.45. The van der Waals surface area contributed by atoms with Crippen LogP contribution in [0.5, 0.6) is 0 Å². The molecule has 17 heavy (non-hydrogen) atoms. The van der Waals surface area contributed by atoms with Crippen LogP contribution < -0.4 is 4.72 Å². The summed E-state index contributed by atoms with van der Waals surface area (Å²) in [5.74, 6) is 0. The molecule has 1 aromatic heterocycles. The predicted octanol–water partition coefficient (Wildman–Crippen LogP) is 0.833. The maximum absolute atomic E-state index is 11.9. The maximum atomic E-state index is 11.9. The molecule has 1 rings (SSSR count). The van der Waals surface area contributed by atoms with E-state index in [-0.39, 0.29) is 16.2 Å². The van der Waals surface area contributed by atoms with Gasteiger partial charge < -0.3 is 4.74 Å². The van der Waals surface area contributed by atoms with Gasteiger partial charge in [0.15, 0.2) is 0 Å². The monoisotopic (exact) mass is 279 g/mol. The van der Waals surface area contributed by atoms with E-state index in [0.717, 1.165) is 12.4 Å². The summed E-state index contributed by atoms with van der Waals surface area (Å²) >= 11 is 5.49. The zero-order valence-corrected chi connectivity index (χ0v) is 11.1. The molecule has 0 spiro atoms. The van der Waals surface area contributed by atoms with Crippen molar-refractivity contribution < 1.29 is 13.2 Å². The van der Waals surface area contributed by atoms with Crippen LogP contribution in [0.2, 0.25) is 5.28 Å². The molecule has 0 amide bonds. The molecule has 0 saturated carbocycles. The lowest BCUT2D eigenvalue weighted by atomic mass is 10.3. The van der Waals surface area contributed by atoms with Crippen LogP contribution in [0.15, 0.2) is 17.3 Å². The third-order valence-electron chi connectivity index (χ3n) is 2.09. The summed E-state index contributed by atoms with van der Waals surface area (Å²) in [6.45, 7) is 2.18. The van der Waals surface area contributed by atoms with E-state index in [1.165, 1.54) is 7.11 Å². The number of ether oxygens (including phenoxy) is 1. The van der Waals surface area contributed by atoms with Gasteiger partial charge in [0, 0.05) is 13.2 Å². The summed E-state index contributed by atoms with van der Waals surface area (Å²) in [4.78, 5) is 7.24. The molecule has 1 unspecified atom stereocenters. The molecule has 0 aliphatic rings. The van der Waals surface area contributed by atoms with Crippen LogP contribution in [-0.4, -0.2) is 38.1 Å². The Bertz CT molecular complexity index is 449. The number of hydrogen-bond acceptors (Lipinski definition) is 5. The van der Waals surface area contributed by atoms with Crippen LogP contribution in [0.4, 0.5) is 0 Å². The van der Waals surface area contributed by atoms with Gasteiger partial charge in [-0.3, -0.25) is 0 Å². The molecule has 1 atom stereocenters. The van der Waals surface area contributed by atoms with Gasteiger partial charge in [0.05, 0.1) is 19.0 Å². The van der Waals surface area contributed by atoms with Crippen LogP contribution in [0.3, 0.4) is 0 Å². The Kier molecular flexibility index (Phi) is 5.26. The minimum atomic E-state index is -3.62. The van der Waals surface area contributed by atoms with Crippen molar-refractivity contribution in [2.45, 2.75) is 24.3 Å². The average Bonchev–Trinajstić information content (AvgIpc) is 2.28. The Morgan fingerprint density at radius 3 is 2.53 bits per heavy atom. The van der Waals surface area contributed by atoms with Gasteiger partial charge in [0.2, 0.25) is 15.3 Å². The Morgan fingerprint density at radius 1 is 1.47 bits per heavy atom. The highest BCUT2D eigenvalue weighted by Crippen LogP contribution is 2.09. The van der Waals surface area contributed by atoms with Crippen LogP contribution in [0.25, 0.3) is 0 Å². The molecule has 0 radical (unpaired) electrons. The number of nitrogens with zero attached hydrogens (tertiary/aromatic N) is 2. The number of methoxy groups -OCH3 is 1. The highest BCUT2D eigenvalue weighted by Gasteiger charge is 2.19. The van der Waals surface area contributed by atoms with E-state index in [1.54, 1.807) is 0 Å².